The van der Waals surface area contributed by atoms with Crippen molar-refractivity contribution in [1.29, 1.82) is 0 Å². The molecule has 5 heteroatoms. The van der Waals surface area contributed by atoms with Gasteiger partial charge in [0, 0.05) is 60.2 Å². The molecular weight excluding hydrogens is 745 g/mol. The molecule has 0 aliphatic rings. The molecule has 4 aromatic heterocycles. The first-order chi connectivity index (χ1) is 30.3. The standard InChI is InChI=1S/C56H34N4O/c1-4-16-35(17-5-1)36-28-30-37(31-29-36)52-44-34-40(32-33-45(44)57-56(58-52)38-18-6-2-7-19-38)60-46-25-13-10-22-41(46)49-50-43-24-12-15-27-48(43)61-55(50)54-51(53(49)60)42-23-11-14-26-47(42)59(54)39-20-8-3-9-21-39/h1-34H. The molecule has 0 saturated carbocycles. The highest BCUT2D eigenvalue weighted by molar-refractivity contribution is 6.39. The fourth-order valence-electron chi connectivity index (χ4n) is 9.64. The van der Waals surface area contributed by atoms with Gasteiger partial charge in [0.25, 0.3) is 0 Å². The van der Waals surface area contributed by atoms with Crippen LogP contribution >= 0.6 is 0 Å². The van der Waals surface area contributed by atoms with E-state index in [1.807, 2.05) is 18.2 Å². The van der Waals surface area contributed by atoms with Crippen LogP contribution in [0.15, 0.2) is 211 Å². The fourth-order valence-corrected chi connectivity index (χ4v) is 9.64. The van der Waals surface area contributed by atoms with Gasteiger partial charge in [-0.15, -0.1) is 0 Å². The van der Waals surface area contributed by atoms with Crippen LogP contribution in [0.4, 0.5) is 0 Å². The number of benzene rings is 9. The molecule has 0 fully saturated rings. The van der Waals surface area contributed by atoms with Gasteiger partial charge in [-0.2, -0.15) is 0 Å². The largest absolute Gasteiger partial charge is 0.454 e. The summed E-state index contributed by atoms with van der Waals surface area (Å²) in [6.45, 7) is 0. The first-order valence-electron chi connectivity index (χ1n) is 20.7. The summed E-state index contributed by atoms with van der Waals surface area (Å²) in [4.78, 5) is 10.6. The lowest BCUT2D eigenvalue weighted by Crippen LogP contribution is -1.99. The lowest BCUT2D eigenvalue weighted by molar-refractivity contribution is 0.671. The molecule has 0 radical (unpaired) electrons. The van der Waals surface area contributed by atoms with E-state index >= 15 is 0 Å². The van der Waals surface area contributed by atoms with Crippen LogP contribution in [0.1, 0.15) is 0 Å². The Kier molecular flexibility index (Phi) is 7.24. The first kappa shape index (κ1) is 33.7. The van der Waals surface area contributed by atoms with Crippen molar-refractivity contribution in [2.75, 3.05) is 0 Å². The normalized spacial score (nSPS) is 11.9. The monoisotopic (exact) mass is 778 g/mol. The molecule has 0 bridgehead atoms. The van der Waals surface area contributed by atoms with Gasteiger partial charge in [0.1, 0.15) is 5.58 Å². The summed E-state index contributed by atoms with van der Waals surface area (Å²) in [7, 11) is 0. The summed E-state index contributed by atoms with van der Waals surface area (Å²) in [5, 5.41) is 7.83. The number of hydrogen-bond acceptors (Lipinski definition) is 3. The van der Waals surface area contributed by atoms with Crippen LogP contribution in [0.3, 0.4) is 0 Å². The Bertz CT molecular complexity index is 3840. The van der Waals surface area contributed by atoms with Gasteiger partial charge < -0.3 is 13.6 Å². The van der Waals surface area contributed by atoms with Crippen LogP contribution in [-0.4, -0.2) is 19.1 Å². The molecule has 5 nitrogen and oxygen atoms in total. The van der Waals surface area contributed by atoms with Crippen LogP contribution in [-0.2, 0) is 0 Å². The molecule has 284 valence electrons. The molecule has 0 amide bonds. The number of nitrogens with zero attached hydrogens (tertiary/aromatic N) is 4. The average molecular weight is 779 g/mol. The first-order valence-corrected chi connectivity index (χ1v) is 20.7. The lowest BCUT2D eigenvalue weighted by atomic mass is 10.0. The molecular formula is C56H34N4O. The quantitative estimate of drug-likeness (QED) is 0.175. The maximum atomic E-state index is 6.99. The number of aromatic nitrogens is 4. The van der Waals surface area contributed by atoms with Crippen molar-refractivity contribution in [3.63, 3.8) is 0 Å². The van der Waals surface area contributed by atoms with Crippen LogP contribution in [0, 0.1) is 0 Å². The molecule has 0 atom stereocenters. The van der Waals surface area contributed by atoms with E-state index in [-0.39, 0.29) is 0 Å². The number of fused-ring (bicyclic) bond motifs is 13. The Morgan fingerprint density at radius 3 is 1.64 bits per heavy atom. The van der Waals surface area contributed by atoms with Crippen LogP contribution in [0.25, 0.3) is 122 Å². The molecule has 4 heterocycles. The smallest absolute Gasteiger partial charge is 0.160 e. The van der Waals surface area contributed by atoms with Gasteiger partial charge in [-0.05, 0) is 59.7 Å². The van der Waals surface area contributed by atoms with Gasteiger partial charge in [0.2, 0.25) is 0 Å². The van der Waals surface area contributed by atoms with E-state index in [0.717, 1.165) is 99.4 Å². The zero-order valence-electron chi connectivity index (χ0n) is 32.8. The second kappa shape index (κ2) is 13.1. The third kappa shape index (κ3) is 5.01. The SMILES string of the molecule is c1ccc(-c2ccc(-c3nc(-c4ccccc4)nc4ccc(-n5c6ccccc6c6c7c8ccccc8oc7c7c(c8ccccc8n7-c7ccccc7)c65)cc34)cc2)cc1. The van der Waals surface area contributed by atoms with Crippen molar-refractivity contribution in [2.45, 2.75) is 0 Å². The number of rotatable bonds is 5. The van der Waals surface area contributed by atoms with E-state index in [4.69, 9.17) is 14.4 Å². The predicted octanol–water partition coefficient (Wildman–Crippen LogP) is 14.7. The van der Waals surface area contributed by atoms with Gasteiger partial charge in [-0.25, -0.2) is 9.97 Å². The van der Waals surface area contributed by atoms with Crippen LogP contribution < -0.4 is 0 Å². The van der Waals surface area contributed by atoms with Crippen molar-refractivity contribution in [3.05, 3.63) is 206 Å². The molecule has 0 spiro atoms. The highest BCUT2D eigenvalue weighted by Crippen LogP contribution is 2.49. The van der Waals surface area contributed by atoms with E-state index in [9.17, 15) is 0 Å². The van der Waals surface area contributed by atoms with Gasteiger partial charge in [-0.1, -0.05) is 158 Å². The van der Waals surface area contributed by atoms with Crippen molar-refractivity contribution >= 4 is 76.5 Å². The highest BCUT2D eigenvalue weighted by Gasteiger charge is 2.28. The molecule has 61 heavy (non-hydrogen) atoms. The third-order valence-electron chi connectivity index (χ3n) is 12.3. The molecule has 0 saturated heterocycles. The Balaban J connectivity index is 1.17. The molecule has 9 aromatic carbocycles. The summed E-state index contributed by atoms with van der Waals surface area (Å²) in [6, 6.07) is 72.8. The minimum atomic E-state index is 0.699. The second-order valence-corrected chi connectivity index (χ2v) is 15.7. The Morgan fingerprint density at radius 2 is 0.918 bits per heavy atom. The molecule has 13 aromatic rings. The van der Waals surface area contributed by atoms with Crippen molar-refractivity contribution in [1.82, 2.24) is 19.1 Å². The minimum Gasteiger partial charge on any atom is -0.454 e. The highest BCUT2D eigenvalue weighted by atomic mass is 16.3. The number of hydrogen-bond donors (Lipinski definition) is 0. The summed E-state index contributed by atoms with van der Waals surface area (Å²) in [6.07, 6.45) is 0. The number of para-hydroxylation sites is 4. The average Bonchev–Trinajstić information content (AvgIpc) is 4.00. The van der Waals surface area contributed by atoms with Gasteiger partial charge >= 0.3 is 0 Å². The predicted molar refractivity (Wildman–Crippen MR) is 252 cm³/mol. The summed E-state index contributed by atoms with van der Waals surface area (Å²) >= 11 is 0. The Morgan fingerprint density at radius 1 is 0.361 bits per heavy atom. The van der Waals surface area contributed by atoms with Gasteiger partial charge in [0.15, 0.2) is 11.4 Å². The van der Waals surface area contributed by atoms with E-state index in [2.05, 4.69) is 197 Å². The second-order valence-electron chi connectivity index (χ2n) is 15.7. The zero-order valence-corrected chi connectivity index (χ0v) is 32.8. The maximum absolute atomic E-state index is 6.99. The van der Waals surface area contributed by atoms with Crippen molar-refractivity contribution in [3.8, 4) is 45.1 Å². The molecule has 0 aliphatic heterocycles. The summed E-state index contributed by atoms with van der Waals surface area (Å²) < 4.78 is 11.8. The lowest BCUT2D eigenvalue weighted by Gasteiger charge is -2.14. The van der Waals surface area contributed by atoms with E-state index in [1.54, 1.807) is 0 Å². The van der Waals surface area contributed by atoms with Crippen LogP contribution in [0.2, 0.25) is 0 Å². The molecule has 0 aliphatic carbocycles. The Labute approximate surface area is 350 Å². The van der Waals surface area contributed by atoms with Crippen molar-refractivity contribution < 1.29 is 4.42 Å². The zero-order chi connectivity index (χ0) is 40.0. The van der Waals surface area contributed by atoms with Crippen LogP contribution in [0.5, 0.6) is 0 Å². The maximum Gasteiger partial charge on any atom is 0.160 e. The number of furan rings is 1. The molecule has 0 N–H and O–H groups in total. The van der Waals surface area contributed by atoms with E-state index in [1.165, 1.54) is 16.3 Å². The van der Waals surface area contributed by atoms with E-state index in [0.29, 0.717) is 5.82 Å². The fraction of sp³-hybridized carbons (Fsp3) is 0. The van der Waals surface area contributed by atoms with E-state index < -0.39 is 0 Å². The van der Waals surface area contributed by atoms with Gasteiger partial charge in [0.05, 0.1) is 33.3 Å². The molecule has 13 rings (SSSR count). The topological polar surface area (TPSA) is 48.8 Å². The minimum absolute atomic E-state index is 0.699. The van der Waals surface area contributed by atoms with Gasteiger partial charge in [-0.3, -0.25) is 0 Å². The summed E-state index contributed by atoms with van der Waals surface area (Å²) in [5.74, 6) is 0.699. The van der Waals surface area contributed by atoms with Crippen molar-refractivity contribution in [2.24, 2.45) is 0 Å². The third-order valence-corrected chi connectivity index (χ3v) is 12.3. The molecule has 0 unspecified atom stereocenters. The Hall–Kier alpha value is -8.28. The summed E-state index contributed by atoms with van der Waals surface area (Å²) in [5.41, 5.74) is 14.4.